The topological polar surface area (TPSA) is 96.7 Å². The molecule has 6 nitrogen and oxygen atoms in total. The summed E-state index contributed by atoms with van der Waals surface area (Å²) < 4.78 is 0. The molecular weight excluding hydrogens is 302 g/mol. The molecule has 0 saturated carbocycles. The van der Waals surface area contributed by atoms with Crippen molar-refractivity contribution in [3.63, 3.8) is 0 Å². The number of benzene rings is 1. The normalized spacial score (nSPS) is 12.5. The van der Waals surface area contributed by atoms with Gasteiger partial charge in [-0.25, -0.2) is 4.98 Å². The van der Waals surface area contributed by atoms with E-state index >= 15 is 0 Å². The van der Waals surface area contributed by atoms with Gasteiger partial charge in [0.05, 0.1) is 5.69 Å². The largest absolute Gasteiger partial charge is 0.348 e. The van der Waals surface area contributed by atoms with Gasteiger partial charge in [-0.15, -0.1) is 0 Å². The Hall–Kier alpha value is -2.99. The Bertz CT molecular complexity index is 841. The van der Waals surface area contributed by atoms with Crippen LogP contribution in [0.15, 0.2) is 54.7 Å². The number of H-pyrrole nitrogens is 1. The predicted octanol–water partition coefficient (Wildman–Crippen LogP) is 1.66. The van der Waals surface area contributed by atoms with E-state index in [9.17, 15) is 4.79 Å². The second-order valence-corrected chi connectivity index (χ2v) is 5.47. The van der Waals surface area contributed by atoms with Crippen molar-refractivity contribution in [3.05, 3.63) is 66.0 Å². The van der Waals surface area contributed by atoms with Gasteiger partial charge in [0.25, 0.3) is 0 Å². The van der Waals surface area contributed by atoms with Gasteiger partial charge in [-0.05, 0) is 30.2 Å². The highest BCUT2D eigenvalue weighted by molar-refractivity contribution is 5.94. The molecule has 0 saturated heterocycles. The highest BCUT2D eigenvalue weighted by Gasteiger charge is 2.10. The summed E-state index contributed by atoms with van der Waals surface area (Å²) >= 11 is 0. The Balaban J connectivity index is 1.63. The van der Waals surface area contributed by atoms with Crippen LogP contribution in [0.2, 0.25) is 0 Å². The number of rotatable bonds is 6. The third-order valence-electron chi connectivity index (χ3n) is 3.71. The SMILES string of the molecule is NC[C@H](Cc1ccccc1)NC(=O)C=Cc1n[nH]c2ncccc12. The van der Waals surface area contributed by atoms with Crippen LogP contribution in [0, 0.1) is 0 Å². The summed E-state index contributed by atoms with van der Waals surface area (Å²) in [7, 11) is 0. The van der Waals surface area contributed by atoms with Crippen LogP contribution in [0.4, 0.5) is 0 Å². The number of carbonyl (C=O) groups is 1. The maximum atomic E-state index is 12.1. The molecule has 0 spiro atoms. The molecule has 0 aliphatic heterocycles. The smallest absolute Gasteiger partial charge is 0.244 e. The van der Waals surface area contributed by atoms with Crippen molar-refractivity contribution in [3.8, 4) is 0 Å². The first kappa shape index (κ1) is 15.9. The molecule has 0 radical (unpaired) electrons. The monoisotopic (exact) mass is 321 g/mol. The molecule has 0 aliphatic carbocycles. The highest BCUT2D eigenvalue weighted by Crippen LogP contribution is 2.13. The van der Waals surface area contributed by atoms with Crippen molar-refractivity contribution in [2.24, 2.45) is 5.73 Å². The number of carbonyl (C=O) groups excluding carboxylic acids is 1. The summed E-state index contributed by atoms with van der Waals surface area (Å²) in [5, 5.41) is 10.8. The fourth-order valence-electron chi connectivity index (χ4n) is 2.50. The molecular formula is C18H19N5O. The minimum absolute atomic E-state index is 0.109. The number of aromatic nitrogens is 3. The summed E-state index contributed by atoms with van der Waals surface area (Å²) in [6.07, 6.45) is 5.53. The Morgan fingerprint density at radius 3 is 2.88 bits per heavy atom. The van der Waals surface area contributed by atoms with E-state index < -0.39 is 0 Å². The van der Waals surface area contributed by atoms with Crippen LogP contribution in [-0.2, 0) is 11.2 Å². The summed E-state index contributed by atoms with van der Waals surface area (Å²) in [6, 6.07) is 13.6. The standard InChI is InChI=1S/C18H19N5O/c19-12-14(11-13-5-2-1-3-6-13)21-17(24)9-8-16-15-7-4-10-20-18(15)23-22-16/h1-10,14H,11-12,19H2,(H,21,24)(H,20,22,23)/t14-/m0/s1. The van der Waals surface area contributed by atoms with Crippen LogP contribution in [0.3, 0.4) is 0 Å². The first-order valence-electron chi connectivity index (χ1n) is 7.78. The molecule has 1 atom stereocenters. The Morgan fingerprint density at radius 1 is 1.25 bits per heavy atom. The number of hydrogen-bond donors (Lipinski definition) is 3. The molecule has 0 fully saturated rings. The lowest BCUT2D eigenvalue weighted by Gasteiger charge is -2.15. The highest BCUT2D eigenvalue weighted by atomic mass is 16.1. The van der Waals surface area contributed by atoms with Crippen molar-refractivity contribution in [1.82, 2.24) is 20.5 Å². The van der Waals surface area contributed by atoms with Crippen molar-refractivity contribution >= 4 is 23.0 Å². The lowest BCUT2D eigenvalue weighted by molar-refractivity contribution is -0.117. The molecule has 6 heteroatoms. The molecule has 0 bridgehead atoms. The van der Waals surface area contributed by atoms with E-state index in [4.69, 9.17) is 5.73 Å². The first-order valence-corrected chi connectivity index (χ1v) is 7.78. The lowest BCUT2D eigenvalue weighted by atomic mass is 10.1. The molecule has 4 N–H and O–H groups in total. The summed E-state index contributed by atoms with van der Waals surface area (Å²) in [6.45, 7) is 0.379. The number of amides is 1. The van der Waals surface area contributed by atoms with Gasteiger partial charge in [0.2, 0.25) is 5.91 Å². The number of fused-ring (bicyclic) bond motifs is 1. The molecule has 1 amide bonds. The zero-order valence-electron chi connectivity index (χ0n) is 13.1. The lowest BCUT2D eigenvalue weighted by Crippen LogP contribution is -2.40. The molecule has 0 aliphatic rings. The van der Waals surface area contributed by atoms with Crippen LogP contribution in [0.1, 0.15) is 11.3 Å². The Labute approximate surface area is 139 Å². The van der Waals surface area contributed by atoms with Gasteiger partial charge >= 0.3 is 0 Å². The van der Waals surface area contributed by atoms with Crippen LogP contribution < -0.4 is 11.1 Å². The van der Waals surface area contributed by atoms with Gasteiger partial charge in [0.15, 0.2) is 5.65 Å². The van der Waals surface area contributed by atoms with Gasteiger partial charge in [-0.1, -0.05) is 30.3 Å². The fraction of sp³-hybridized carbons (Fsp3) is 0.167. The maximum absolute atomic E-state index is 12.1. The zero-order valence-corrected chi connectivity index (χ0v) is 13.1. The van der Waals surface area contributed by atoms with E-state index in [0.717, 1.165) is 10.9 Å². The number of aromatic amines is 1. The van der Waals surface area contributed by atoms with Crippen molar-refractivity contribution in [1.29, 1.82) is 0 Å². The third kappa shape index (κ3) is 3.85. The van der Waals surface area contributed by atoms with Gasteiger partial charge in [-0.3, -0.25) is 9.89 Å². The maximum Gasteiger partial charge on any atom is 0.244 e. The predicted molar refractivity (Wildman–Crippen MR) is 94.1 cm³/mol. The quantitative estimate of drug-likeness (QED) is 0.602. The van der Waals surface area contributed by atoms with Crippen LogP contribution in [0.25, 0.3) is 17.1 Å². The third-order valence-corrected chi connectivity index (χ3v) is 3.71. The second kappa shape index (κ2) is 7.52. The number of nitrogens with zero attached hydrogens (tertiary/aromatic N) is 2. The van der Waals surface area contributed by atoms with Gasteiger partial charge in [0.1, 0.15) is 0 Å². The van der Waals surface area contributed by atoms with Crippen molar-refractivity contribution in [2.45, 2.75) is 12.5 Å². The summed E-state index contributed by atoms with van der Waals surface area (Å²) in [5.41, 5.74) is 8.29. The molecule has 2 heterocycles. The fourth-order valence-corrected chi connectivity index (χ4v) is 2.50. The van der Waals surface area contributed by atoms with Gasteiger partial charge in [-0.2, -0.15) is 5.10 Å². The van der Waals surface area contributed by atoms with E-state index in [1.165, 1.54) is 6.08 Å². The molecule has 0 unspecified atom stereocenters. The van der Waals surface area contributed by atoms with E-state index in [1.54, 1.807) is 12.3 Å². The van der Waals surface area contributed by atoms with Gasteiger partial charge < -0.3 is 11.1 Å². The number of pyridine rings is 1. The number of nitrogens with one attached hydrogen (secondary N) is 2. The summed E-state index contributed by atoms with van der Waals surface area (Å²) in [5.74, 6) is -0.193. The molecule has 122 valence electrons. The summed E-state index contributed by atoms with van der Waals surface area (Å²) in [4.78, 5) is 16.3. The van der Waals surface area contributed by atoms with Crippen molar-refractivity contribution in [2.75, 3.05) is 6.54 Å². The molecule has 1 aromatic carbocycles. The average molecular weight is 321 g/mol. The van der Waals surface area contributed by atoms with Gasteiger partial charge in [0, 0.05) is 30.2 Å². The van der Waals surface area contributed by atoms with E-state index in [0.29, 0.717) is 24.3 Å². The molecule has 2 aromatic heterocycles. The average Bonchev–Trinajstić information content (AvgIpc) is 3.03. The van der Waals surface area contributed by atoms with E-state index in [1.807, 2.05) is 42.5 Å². The van der Waals surface area contributed by atoms with E-state index in [2.05, 4.69) is 20.5 Å². The minimum Gasteiger partial charge on any atom is -0.348 e. The molecule has 24 heavy (non-hydrogen) atoms. The zero-order chi connectivity index (χ0) is 16.8. The Kier molecular flexibility index (Phi) is 4.98. The Morgan fingerprint density at radius 2 is 2.08 bits per heavy atom. The van der Waals surface area contributed by atoms with Crippen LogP contribution >= 0.6 is 0 Å². The number of nitrogens with two attached hydrogens (primary N) is 1. The van der Waals surface area contributed by atoms with Crippen LogP contribution in [-0.4, -0.2) is 33.7 Å². The van der Waals surface area contributed by atoms with E-state index in [-0.39, 0.29) is 11.9 Å². The first-order chi connectivity index (χ1) is 11.8. The molecule has 3 rings (SSSR count). The minimum atomic E-state index is -0.193. The van der Waals surface area contributed by atoms with Crippen molar-refractivity contribution < 1.29 is 4.79 Å². The van der Waals surface area contributed by atoms with Crippen LogP contribution in [0.5, 0.6) is 0 Å². The second-order valence-electron chi connectivity index (χ2n) is 5.47. The number of hydrogen-bond acceptors (Lipinski definition) is 4. The molecule has 3 aromatic rings.